The van der Waals surface area contributed by atoms with Gasteiger partial charge in [-0.05, 0) is 26.8 Å². The highest BCUT2D eigenvalue weighted by Crippen LogP contribution is 2.32. The molecule has 2 amide bonds. The maximum absolute atomic E-state index is 11.6. The minimum Gasteiger partial charge on any atom is -0.336 e. The predicted molar refractivity (Wildman–Crippen MR) is 87.8 cm³/mol. The number of halogens is 1. The molecule has 4 nitrogen and oxygen atoms in total. The Morgan fingerprint density at radius 2 is 2.10 bits per heavy atom. The summed E-state index contributed by atoms with van der Waals surface area (Å²) in [5.74, 6) is 0. The summed E-state index contributed by atoms with van der Waals surface area (Å²) in [7, 11) is 0. The third-order valence-electron chi connectivity index (χ3n) is 2.83. The first kappa shape index (κ1) is 15.8. The van der Waals surface area contributed by atoms with Crippen molar-refractivity contribution < 1.29 is 4.79 Å². The molecule has 0 aliphatic rings. The summed E-state index contributed by atoms with van der Waals surface area (Å²) < 4.78 is 0. The third-order valence-corrected chi connectivity index (χ3v) is 4.35. The van der Waals surface area contributed by atoms with Gasteiger partial charge in [-0.3, -0.25) is 0 Å². The van der Waals surface area contributed by atoms with E-state index >= 15 is 0 Å². The molecule has 0 aliphatic carbocycles. The van der Waals surface area contributed by atoms with E-state index < -0.39 is 0 Å². The molecule has 2 N–H and O–H groups in total. The smallest absolute Gasteiger partial charge is 0.315 e. The molecule has 0 radical (unpaired) electrons. The van der Waals surface area contributed by atoms with Crippen LogP contribution in [-0.4, -0.2) is 17.1 Å². The molecule has 0 spiro atoms. The van der Waals surface area contributed by atoms with Crippen LogP contribution in [-0.2, 0) is 6.54 Å². The predicted octanol–water partition coefficient (Wildman–Crippen LogP) is 3.98. The normalized spacial score (nSPS) is 10.7. The van der Waals surface area contributed by atoms with Crippen molar-refractivity contribution in [1.82, 2.24) is 15.6 Å². The van der Waals surface area contributed by atoms with Crippen LogP contribution in [0.25, 0.3) is 10.6 Å². The molecule has 0 aliphatic heterocycles. The van der Waals surface area contributed by atoms with Crippen LogP contribution in [0.2, 0.25) is 5.02 Å². The Morgan fingerprint density at radius 3 is 2.76 bits per heavy atom. The summed E-state index contributed by atoms with van der Waals surface area (Å²) in [6, 6.07) is 7.57. The van der Waals surface area contributed by atoms with Crippen LogP contribution in [0.1, 0.15) is 24.4 Å². The number of aryl methyl sites for hydroxylation is 1. The number of thiazole rings is 1. The molecule has 21 heavy (non-hydrogen) atoms. The Labute approximate surface area is 133 Å². The molecule has 0 unspecified atom stereocenters. The highest BCUT2D eigenvalue weighted by molar-refractivity contribution is 7.15. The number of rotatable bonds is 4. The summed E-state index contributed by atoms with van der Waals surface area (Å²) in [5.41, 5.74) is 1.84. The molecule has 1 aromatic carbocycles. The van der Waals surface area contributed by atoms with Gasteiger partial charge in [-0.2, -0.15) is 0 Å². The average Bonchev–Trinajstić information content (AvgIpc) is 2.77. The van der Waals surface area contributed by atoms with Crippen molar-refractivity contribution >= 4 is 29.0 Å². The zero-order valence-corrected chi connectivity index (χ0v) is 13.8. The van der Waals surface area contributed by atoms with E-state index in [2.05, 4.69) is 15.6 Å². The molecule has 112 valence electrons. The number of nitrogens with zero attached hydrogens (tertiary/aromatic N) is 1. The van der Waals surface area contributed by atoms with E-state index in [-0.39, 0.29) is 12.1 Å². The number of hydrogen-bond donors (Lipinski definition) is 2. The Balaban J connectivity index is 2.10. The number of hydrogen-bond acceptors (Lipinski definition) is 3. The van der Waals surface area contributed by atoms with Gasteiger partial charge in [0.05, 0.1) is 17.3 Å². The first-order chi connectivity index (χ1) is 9.97. The van der Waals surface area contributed by atoms with E-state index in [4.69, 9.17) is 11.6 Å². The van der Waals surface area contributed by atoms with Gasteiger partial charge < -0.3 is 10.6 Å². The minimum atomic E-state index is -0.169. The van der Waals surface area contributed by atoms with Gasteiger partial charge in [0.15, 0.2) is 0 Å². The minimum absolute atomic E-state index is 0.117. The second-order valence-corrected chi connectivity index (χ2v) is 6.48. The molecule has 6 heteroatoms. The number of amides is 2. The summed E-state index contributed by atoms with van der Waals surface area (Å²) in [6.07, 6.45) is 0. The zero-order chi connectivity index (χ0) is 15.4. The number of carbonyl (C=O) groups is 1. The molecule has 0 fully saturated rings. The van der Waals surface area contributed by atoms with Gasteiger partial charge in [-0.1, -0.05) is 29.8 Å². The first-order valence-electron chi connectivity index (χ1n) is 6.73. The molecule has 2 aromatic rings. The van der Waals surface area contributed by atoms with Crippen molar-refractivity contribution in [2.75, 3.05) is 0 Å². The van der Waals surface area contributed by atoms with E-state index in [0.717, 1.165) is 21.1 Å². The van der Waals surface area contributed by atoms with Crippen molar-refractivity contribution in [3.63, 3.8) is 0 Å². The second kappa shape index (κ2) is 6.91. The average molecular weight is 324 g/mol. The van der Waals surface area contributed by atoms with E-state index in [1.54, 1.807) is 11.3 Å². The van der Waals surface area contributed by atoms with Crippen LogP contribution in [0.3, 0.4) is 0 Å². The van der Waals surface area contributed by atoms with Gasteiger partial charge in [0, 0.05) is 16.5 Å². The number of nitrogens with one attached hydrogen (secondary N) is 2. The lowest BCUT2D eigenvalue weighted by Gasteiger charge is -2.09. The van der Waals surface area contributed by atoms with Crippen LogP contribution in [0.5, 0.6) is 0 Å². The van der Waals surface area contributed by atoms with Gasteiger partial charge in [0.1, 0.15) is 5.01 Å². The third kappa shape index (κ3) is 4.19. The van der Waals surface area contributed by atoms with E-state index in [1.165, 1.54) is 0 Å². The van der Waals surface area contributed by atoms with E-state index in [1.807, 2.05) is 45.0 Å². The van der Waals surface area contributed by atoms with Crippen molar-refractivity contribution in [3.05, 3.63) is 39.9 Å². The van der Waals surface area contributed by atoms with Crippen LogP contribution >= 0.6 is 22.9 Å². The van der Waals surface area contributed by atoms with Gasteiger partial charge in [0.2, 0.25) is 0 Å². The fraction of sp³-hybridized carbons (Fsp3) is 0.333. The fourth-order valence-corrected chi connectivity index (χ4v) is 3.14. The van der Waals surface area contributed by atoms with Gasteiger partial charge in [-0.25, -0.2) is 9.78 Å². The van der Waals surface area contributed by atoms with Gasteiger partial charge in [-0.15, -0.1) is 11.3 Å². The van der Waals surface area contributed by atoms with Crippen LogP contribution in [0.15, 0.2) is 24.3 Å². The molecular formula is C15H18ClN3OS. The van der Waals surface area contributed by atoms with Crippen LogP contribution in [0.4, 0.5) is 4.79 Å². The first-order valence-corrected chi connectivity index (χ1v) is 7.92. The lowest BCUT2D eigenvalue weighted by Crippen LogP contribution is -2.38. The number of aromatic nitrogens is 1. The Kier molecular flexibility index (Phi) is 5.20. The van der Waals surface area contributed by atoms with E-state index in [0.29, 0.717) is 11.6 Å². The highest BCUT2D eigenvalue weighted by Gasteiger charge is 2.12. The largest absolute Gasteiger partial charge is 0.336 e. The second-order valence-electron chi connectivity index (χ2n) is 4.99. The number of carbonyl (C=O) groups excluding carboxylic acids is 1. The molecule has 0 saturated carbocycles. The summed E-state index contributed by atoms with van der Waals surface area (Å²) in [5, 5.41) is 7.19. The Morgan fingerprint density at radius 1 is 1.38 bits per heavy atom. The molecule has 0 atom stereocenters. The summed E-state index contributed by atoms with van der Waals surface area (Å²) in [6.45, 7) is 6.25. The number of benzene rings is 1. The summed E-state index contributed by atoms with van der Waals surface area (Å²) >= 11 is 7.74. The van der Waals surface area contributed by atoms with Gasteiger partial charge in [0.25, 0.3) is 0 Å². The van der Waals surface area contributed by atoms with Crippen molar-refractivity contribution in [3.8, 4) is 10.6 Å². The monoisotopic (exact) mass is 323 g/mol. The molecule has 1 heterocycles. The van der Waals surface area contributed by atoms with Crippen molar-refractivity contribution in [2.24, 2.45) is 0 Å². The quantitative estimate of drug-likeness (QED) is 0.894. The highest BCUT2D eigenvalue weighted by atomic mass is 35.5. The number of urea groups is 1. The zero-order valence-electron chi connectivity index (χ0n) is 12.2. The Hall–Kier alpha value is -1.59. The van der Waals surface area contributed by atoms with Crippen LogP contribution in [0, 0.1) is 6.92 Å². The summed E-state index contributed by atoms with van der Waals surface area (Å²) in [4.78, 5) is 17.2. The SMILES string of the molecule is Cc1nc(-c2ccccc2Cl)sc1CNC(=O)NC(C)C. The van der Waals surface area contributed by atoms with Gasteiger partial charge >= 0.3 is 6.03 Å². The van der Waals surface area contributed by atoms with Crippen molar-refractivity contribution in [1.29, 1.82) is 0 Å². The van der Waals surface area contributed by atoms with E-state index in [9.17, 15) is 4.79 Å². The maximum Gasteiger partial charge on any atom is 0.315 e. The standard InChI is InChI=1S/C15H18ClN3OS/c1-9(2)18-15(20)17-8-13-10(3)19-14(21-13)11-6-4-5-7-12(11)16/h4-7,9H,8H2,1-3H3,(H2,17,18,20). The molecule has 0 bridgehead atoms. The molecule has 2 rings (SSSR count). The fourth-order valence-electron chi connectivity index (χ4n) is 1.82. The lowest BCUT2D eigenvalue weighted by molar-refractivity contribution is 0.238. The topological polar surface area (TPSA) is 54.0 Å². The lowest BCUT2D eigenvalue weighted by atomic mass is 10.2. The Bertz CT molecular complexity index is 640. The molecular weight excluding hydrogens is 306 g/mol. The molecule has 1 aromatic heterocycles. The maximum atomic E-state index is 11.6. The van der Waals surface area contributed by atoms with Crippen LogP contribution < -0.4 is 10.6 Å². The molecule has 0 saturated heterocycles. The van der Waals surface area contributed by atoms with Crippen molar-refractivity contribution in [2.45, 2.75) is 33.4 Å².